The van der Waals surface area contributed by atoms with Crippen LogP contribution in [0.2, 0.25) is 0 Å². The summed E-state index contributed by atoms with van der Waals surface area (Å²) in [6.45, 7) is 0. The first kappa shape index (κ1) is 8.34. The van der Waals surface area contributed by atoms with Gasteiger partial charge in [-0.25, -0.2) is 0 Å². The van der Waals surface area contributed by atoms with Crippen LogP contribution in [-0.2, 0) is 0 Å². The van der Waals surface area contributed by atoms with Gasteiger partial charge in [-0.05, 0) is 0 Å². The van der Waals surface area contributed by atoms with E-state index in [2.05, 4.69) is 57.4 Å². The minimum atomic E-state index is 0.552. The van der Waals surface area contributed by atoms with Crippen molar-refractivity contribution < 1.29 is 0 Å². The number of benzene rings is 1. The average Bonchev–Trinajstić information content (AvgIpc) is 2.57. The van der Waals surface area contributed by atoms with Gasteiger partial charge in [-0.1, -0.05) is 0 Å². The zero-order valence-corrected chi connectivity index (χ0v) is 9.99. The predicted octanol–water partition coefficient (Wildman–Crippen LogP) is 0.937. The van der Waals surface area contributed by atoms with Gasteiger partial charge in [-0.15, -0.1) is 0 Å². The molecule has 2 rings (SSSR count). The first-order valence-corrected chi connectivity index (χ1v) is 6.48. The molecule has 1 aromatic carbocycles. The van der Waals surface area contributed by atoms with Gasteiger partial charge in [0.1, 0.15) is 0 Å². The number of hydrogen-bond acceptors (Lipinski definition) is 0. The fourth-order valence-electron chi connectivity index (χ4n) is 1.11. The molecule has 0 aliphatic rings. The van der Waals surface area contributed by atoms with Crippen LogP contribution in [0.25, 0.3) is 10.0 Å². The van der Waals surface area contributed by atoms with Crippen molar-refractivity contribution in [2.24, 2.45) is 0 Å². The van der Waals surface area contributed by atoms with E-state index in [1.807, 2.05) is 0 Å². The Morgan fingerprint density at radius 2 is 1.83 bits per heavy atom. The molecule has 12 heavy (non-hydrogen) atoms. The van der Waals surface area contributed by atoms with Crippen molar-refractivity contribution in [3.8, 4) is 10.0 Å². The summed E-state index contributed by atoms with van der Waals surface area (Å²) in [4.78, 5) is 2.25. The molecule has 0 radical (unpaired) electrons. The third-order valence-electron chi connectivity index (χ3n) is 1.69. The molecule has 60 valence electrons. The van der Waals surface area contributed by atoms with Crippen LogP contribution in [0.4, 0.5) is 0 Å². The molecular weight excluding hydrogens is 278 g/mol. The fraction of sp³-hybridized carbons (Fsp3) is 0. The molecule has 2 aromatic rings. The van der Waals surface area contributed by atoms with Gasteiger partial charge >= 0.3 is 86.3 Å². The zero-order chi connectivity index (χ0) is 8.39. The Kier molecular flexibility index (Phi) is 2.53. The Balaban J connectivity index is 2.55. The van der Waals surface area contributed by atoms with Gasteiger partial charge in [0.2, 0.25) is 0 Å². The number of hydrogen-bond donors (Lipinski definition) is 0. The van der Waals surface area contributed by atoms with Gasteiger partial charge < -0.3 is 0 Å². The van der Waals surface area contributed by atoms with E-state index in [4.69, 9.17) is 0 Å². The van der Waals surface area contributed by atoms with Gasteiger partial charge in [0.15, 0.2) is 0 Å². The summed E-state index contributed by atoms with van der Waals surface area (Å²) in [7, 11) is 0. The molecule has 0 unspecified atom stereocenters. The molecule has 1 aromatic heterocycles. The molecule has 1 heterocycles. The molecule has 0 N–H and O–H groups in total. The summed E-state index contributed by atoms with van der Waals surface area (Å²) in [6.07, 6.45) is 0. The maximum atomic E-state index is 2.63. The molecule has 0 fully saturated rings. The van der Waals surface area contributed by atoms with Crippen molar-refractivity contribution in [2.45, 2.75) is 0 Å². The van der Waals surface area contributed by atoms with E-state index in [1.165, 1.54) is 14.5 Å². The van der Waals surface area contributed by atoms with Gasteiger partial charge in [0.05, 0.1) is 0 Å². The first-order valence-electron chi connectivity index (χ1n) is 3.70. The molecule has 0 atom stereocenters. The Labute approximate surface area is 86.2 Å². The second kappa shape index (κ2) is 3.64. The molecule has 2 heteroatoms. The van der Waals surface area contributed by atoms with E-state index in [0.29, 0.717) is 14.5 Å². The third kappa shape index (κ3) is 1.57. The van der Waals surface area contributed by atoms with Gasteiger partial charge in [0, 0.05) is 0 Å². The average molecular weight is 286 g/mol. The molecule has 0 aliphatic carbocycles. The Hall–Kier alpha value is -0.261. The minimum absolute atomic E-state index is 0.552. The summed E-state index contributed by atoms with van der Waals surface area (Å²) >= 11 is 3.18. The Morgan fingerprint density at radius 3 is 2.50 bits per heavy atom. The standard InChI is InChI=1S/C10H8Se2/c11-9-5-2-1-4-8(9)10-6-3-7-12-10/h1-7,11H. The van der Waals surface area contributed by atoms with Crippen molar-refractivity contribution >= 4 is 35.0 Å². The molecule has 0 nitrogen and oxygen atoms in total. The second-order valence-electron chi connectivity index (χ2n) is 2.49. The van der Waals surface area contributed by atoms with Crippen LogP contribution in [0.5, 0.6) is 0 Å². The maximum absolute atomic E-state index is 2.63. The van der Waals surface area contributed by atoms with Crippen molar-refractivity contribution in [3.05, 3.63) is 41.3 Å². The Morgan fingerprint density at radius 1 is 1.00 bits per heavy atom. The topological polar surface area (TPSA) is 0 Å². The van der Waals surface area contributed by atoms with Crippen molar-refractivity contribution in [3.63, 3.8) is 0 Å². The number of rotatable bonds is 1. The SMILES string of the molecule is [SeH]c1ccccc1-c1ccc[se]1. The van der Waals surface area contributed by atoms with E-state index < -0.39 is 0 Å². The second-order valence-corrected chi connectivity index (χ2v) is 5.49. The summed E-state index contributed by atoms with van der Waals surface area (Å²) in [6, 6.07) is 12.9. The summed E-state index contributed by atoms with van der Waals surface area (Å²) in [5.74, 6) is 0. The van der Waals surface area contributed by atoms with Crippen LogP contribution in [-0.4, -0.2) is 30.5 Å². The van der Waals surface area contributed by atoms with Crippen LogP contribution in [0, 0.1) is 0 Å². The molecule has 0 spiro atoms. The quantitative estimate of drug-likeness (QED) is 0.684. The molecular formula is C10H8Se2. The van der Waals surface area contributed by atoms with Crippen molar-refractivity contribution in [2.75, 3.05) is 0 Å². The van der Waals surface area contributed by atoms with Crippen LogP contribution in [0.15, 0.2) is 41.3 Å². The molecule has 0 saturated carbocycles. The fourth-order valence-corrected chi connectivity index (χ4v) is 3.68. The summed E-state index contributed by atoms with van der Waals surface area (Å²) in [5, 5.41) is 0. The monoisotopic (exact) mass is 288 g/mol. The van der Waals surface area contributed by atoms with Crippen LogP contribution < -0.4 is 4.46 Å². The van der Waals surface area contributed by atoms with Crippen molar-refractivity contribution in [1.29, 1.82) is 0 Å². The van der Waals surface area contributed by atoms with E-state index >= 15 is 0 Å². The molecule has 0 aliphatic heterocycles. The molecule has 0 bridgehead atoms. The third-order valence-corrected chi connectivity index (χ3v) is 4.40. The normalized spacial score (nSPS) is 10.1. The van der Waals surface area contributed by atoms with Crippen LogP contribution in [0.1, 0.15) is 0 Å². The molecule has 0 amide bonds. The van der Waals surface area contributed by atoms with Gasteiger partial charge in [0.25, 0.3) is 0 Å². The van der Waals surface area contributed by atoms with Gasteiger partial charge in [-0.3, -0.25) is 0 Å². The van der Waals surface area contributed by atoms with E-state index in [9.17, 15) is 0 Å². The van der Waals surface area contributed by atoms with E-state index in [-0.39, 0.29) is 0 Å². The Bertz CT molecular complexity index is 363. The van der Waals surface area contributed by atoms with Crippen molar-refractivity contribution in [1.82, 2.24) is 0 Å². The van der Waals surface area contributed by atoms with Gasteiger partial charge in [-0.2, -0.15) is 0 Å². The zero-order valence-electron chi connectivity index (χ0n) is 6.40. The predicted molar refractivity (Wildman–Crippen MR) is 55.6 cm³/mol. The van der Waals surface area contributed by atoms with Crippen LogP contribution >= 0.6 is 0 Å². The van der Waals surface area contributed by atoms with E-state index in [1.54, 1.807) is 0 Å². The van der Waals surface area contributed by atoms with Crippen LogP contribution in [0.3, 0.4) is 0 Å². The summed E-state index contributed by atoms with van der Waals surface area (Å²) in [5.41, 5.74) is 1.39. The summed E-state index contributed by atoms with van der Waals surface area (Å²) < 4.78 is 2.81. The first-order chi connectivity index (χ1) is 5.88. The van der Waals surface area contributed by atoms with E-state index in [0.717, 1.165) is 0 Å². The molecule has 0 saturated heterocycles.